The van der Waals surface area contributed by atoms with Crippen LogP contribution in [0.4, 0.5) is 0 Å². The lowest BCUT2D eigenvalue weighted by molar-refractivity contribution is -0.133. The van der Waals surface area contributed by atoms with Crippen LogP contribution in [0, 0.1) is 17.3 Å². The van der Waals surface area contributed by atoms with E-state index in [1.807, 2.05) is 0 Å². The van der Waals surface area contributed by atoms with Crippen molar-refractivity contribution in [2.75, 3.05) is 7.11 Å². The summed E-state index contributed by atoms with van der Waals surface area (Å²) in [4.78, 5) is 12.3. The van der Waals surface area contributed by atoms with Gasteiger partial charge in [0.25, 0.3) is 0 Å². The van der Waals surface area contributed by atoms with Gasteiger partial charge in [0.2, 0.25) is 0 Å². The van der Waals surface area contributed by atoms with Crippen LogP contribution in [0.5, 0.6) is 5.75 Å². The number of rotatable bonds is 3. The van der Waals surface area contributed by atoms with Gasteiger partial charge in [-0.15, -0.1) is 0 Å². The summed E-state index contributed by atoms with van der Waals surface area (Å²) in [6.45, 7) is 6.27. The van der Waals surface area contributed by atoms with E-state index in [9.17, 15) is 4.79 Å². The summed E-state index contributed by atoms with van der Waals surface area (Å²) in [6.07, 6.45) is 5.64. The van der Waals surface area contributed by atoms with Crippen LogP contribution in [-0.2, 0) is 11.2 Å². The van der Waals surface area contributed by atoms with E-state index in [1.165, 1.54) is 17.5 Å². The number of hydrogen-bond donors (Lipinski definition) is 0. The lowest BCUT2D eigenvalue weighted by Crippen LogP contribution is -2.46. The minimum Gasteiger partial charge on any atom is -0.497 e. The standard InChI is InChI=1S/C20H28O2/c1-5-19-18-8-6-14-12-15(22-4)7-9-16(14)17(18)10-11-20(19,3)13(2)21/h7,9,12,17-19H,5-6,8,10-11H2,1-4H3/t17?,18?,19?,20-/m1/s1. The molecule has 0 spiro atoms. The first-order chi connectivity index (χ1) is 10.5. The van der Waals surface area contributed by atoms with Crippen LogP contribution in [0.1, 0.15) is 63.5 Å². The third-order valence-electron chi connectivity index (χ3n) is 6.57. The van der Waals surface area contributed by atoms with Gasteiger partial charge in [-0.1, -0.05) is 26.3 Å². The van der Waals surface area contributed by atoms with Crippen molar-refractivity contribution >= 4 is 5.78 Å². The Morgan fingerprint density at radius 3 is 2.77 bits per heavy atom. The van der Waals surface area contributed by atoms with Gasteiger partial charge in [-0.2, -0.15) is 0 Å². The highest BCUT2D eigenvalue weighted by atomic mass is 16.5. The summed E-state index contributed by atoms with van der Waals surface area (Å²) in [5, 5.41) is 0. The minimum atomic E-state index is -0.111. The van der Waals surface area contributed by atoms with Crippen molar-refractivity contribution in [3.8, 4) is 5.75 Å². The molecule has 120 valence electrons. The number of aryl methyl sites for hydroxylation is 1. The van der Waals surface area contributed by atoms with Crippen LogP contribution in [0.15, 0.2) is 18.2 Å². The highest BCUT2D eigenvalue weighted by Crippen LogP contribution is 2.56. The van der Waals surface area contributed by atoms with Crippen LogP contribution in [0.25, 0.3) is 0 Å². The normalized spacial score (nSPS) is 33.7. The van der Waals surface area contributed by atoms with Gasteiger partial charge in [0.05, 0.1) is 7.11 Å². The second-order valence-corrected chi connectivity index (χ2v) is 7.40. The van der Waals surface area contributed by atoms with Crippen molar-refractivity contribution in [1.29, 1.82) is 0 Å². The highest BCUT2D eigenvalue weighted by Gasteiger charge is 2.49. The molecule has 1 aromatic rings. The van der Waals surface area contributed by atoms with Crippen molar-refractivity contribution in [2.45, 2.75) is 58.8 Å². The predicted octanol–water partition coefficient (Wildman–Crippen LogP) is 4.76. The van der Waals surface area contributed by atoms with Gasteiger partial charge in [0.15, 0.2) is 0 Å². The average molecular weight is 300 g/mol. The molecule has 3 rings (SSSR count). The zero-order chi connectivity index (χ0) is 15.9. The number of benzene rings is 1. The number of carbonyl (C=O) groups is 1. The number of ether oxygens (including phenoxy) is 1. The SMILES string of the molecule is CCC1C2CCc3cc(OC)ccc3C2CC[C@]1(C)C(C)=O. The predicted molar refractivity (Wildman–Crippen MR) is 89.3 cm³/mol. The van der Waals surface area contributed by atoms with E-state index < -0.39 is 0 Å². The van der Waals surface area contributed by atoms with E-state index in [0.717, 1.165) is 31.4 Å². The molecule has 4 atom stereocenters. The van der Waals surface area contributed by atoms with Gasteiger partial charge in [-0.25, -0.2) is 0 Å². The van der Waals surface area contributed by atoms with Crippen molar-refractivity contribution in [3.05, 3.63) is 29.3 Å². The lowest BCUT2D eigenvalue weighted by Gasteiger charge is -2.51. The third kappa shape index (κ3) is 2.28. The second kappa shape index (κ2) is 5.72. The van der Waals surface area contributed by atoms with E-state index in [1.54, 1.807) is 14.0 Å². The Bertz CT molecular complexity index is 577. The van der Waals surface area contributed by atoms with Crippen molar-refractivity contribution < 1.29 is 9.53 Å². The Balaban J connectivity index is 1.96. The van der Waals surface area contributed by atoms with E-state index >= 15 is 0 Å². The summed E-state index contributed by atoms with van der Waals surface area (Å²) in [5.41, 5.74) is 2.86. The zero-order valence-corrected chi connectivity index (χ0v) is 14.3. The summed E-state index contributed by atoms with van der Waals surface area (Å²) >= 11 is 0. The molecule has 2 heteroatoms. The van der Waals surface area contributed by atoms with Gasteiger partial charge >= 0.3 is 0 Å². The zero-order valence-electron chi connectivity index (χ0n) is 14.3. The summed E-state index contributed by atoms with van der Waals surface area (Å²) in [7, 11) is 1.74. The monoisotopic (exact) mass is 300 g/mol. The van der Waals surface area contributed by atoms with Crippen LogP contribution >= 0.6 is 0 Å². The van der Waals surface area contributed by atoms with Crippen molar-refractivity contribution in [1.82, 2.24) is 0 Å². The fourth-order valence-electron chi connectivity index (χ4n) is 5.20. The summed E-state index contributed by atoms with van der Waals surface area (Å²) in [6, 6.07) is 6.58. The average Bonchev–Trinajstić information content (AvgIpc) is 2.53. The first-order valence-corrected chi connectivity index (χ1v) is 8.69. The molecule has 0 aliphatic heterocycles. The Hall–Kier alpha value is -1.31. The molecule has 2 nitrogen and oxygen atoms in total. The maximum atomic E-state index is 12.3. The summed E-state index contributed by atoms with van der Waals surface area (Å²) in [5.74, 6) is 3.17. The maximum Gasteiger partial charge on any atom is 0.135 e. The number of ketones is 1. The number of hydrogen-bond acceptors (Lipinski definition) is 2. The number of Topliss-reactive ketones (excluding diaryl/α,β-unsaturated/α-hetero) is 1. The molecular weight excluding hydrogens is 272 g/mol. The van der Waals surface area contributed by atoms with E-state index in [0.29, 0.717) is 23.5 Å². The Morgan fingerprint density at radius 1 is 1.36 bits per heavy atom. The minimum absolute atomic E-state index is 0.111. The van der Waals surface area contributed by atoms with Gasteiger partial charge < -0.3 is 4.74 Å². The highest BCUT2D eigenvalue weighted by molar-refractivity contribution is 5.82. The van der Waals surface area contributed by atoms with Crippen LogP contribution in [0.2, 0.25) is 0 Å². The van der Waals surface area contributed by atoms with Gasteiger partial charge in [-0.3, -0.25) is 4.79 Å². The van der Waals surface area contributed by atoms with E-state index in [2.05, 4.69) is 32.0 Å². The molecular formula is C20H28O2. The molecule has 0 radical (unpaired) electrons. The summed E-state index contributed by atoms with van der Waals surface area (Å²) < 4.78 is 5.38. The molecule has 0 bridgehead atoms. The fourth-order valence-corrected chi connectivity index (χ4v) is 5.20. The molecule has 1 aromatic carbocycles. The topological polar surface area (TPSA) is 26.3 Å². The van der Waals surface area contributed by atoms with Gasteiger partial charge in [-0.05, 0) is 73.6 Å². The first-order valence-electron chi connectivity index (χ1n) is 8.69. The Kier molecular flexibility index (Phi) is 4.05. The Morgan fingerprint density at radius 2 is 2.14 bits per heavy atom. The van der Waals surface area contributed by atoms with E-state index in [4.69, 9.17) is 4.74 Å². The smallest absolute Gasteiger partial charge is 0.135 e. The van der Waals surface area contributed by atoms with Gasteiger partial charge in [0.1, 0.15) is 11.5 Å². The lowest BCUT2D eigenvalue weighted by atomic mass is 9.53. The van der Waals surface area contributed by atoms with Crippen LogP contribution < -0.4 is 4.74 Å². The molecule has 0 saturated heterocycles. The first kappa shape index (κ1) is 15.6. The molecule has 2 aliphatic rings. The molecule has 0 aromatic heterocycles. The molecule has 1 fully saturated rings. The largest absolute Gasteiger partial charge is 0.497 e. The maximum absolute atomic E-state index is 12.3. The molecule has 0 heterocycles. The molecule has 0 N–H and O–H groups in total. The van der Waals surface area contributed by atoms with Crippen molar-refractivity contribution in [3.63, 3.8) is 0 Å². The van der Waals surface area contributed by atoms with Crippen molar-refractivity contribution in [2.24, 2.45) is 17.3 Å². The quantitative estimate of drug-likeness (QED) is 0.804. The molecule has 0 amide bonds. The number of fused-ring (bicyclic) bond motifs is 3. The number of methoxy groups -OCH3 is 1. The molecule has 22 heavy (non-hydrogen) atoms. The molecule has 2 aliphatic carbocycles. The van der Waals surface area contributed by atoms with Gasteiger partial charge in [0, 0.05) is 5.41 Å². The Labute approximate surface area is 134 Å². The molecule has 3 unspecified atom stereocenters. The van der Waals surface area contributed by atoms with Crippen LogP contribution in [-0.4, -0.2) is 12.9 Å². The fraction of sp³-hybridized carbons (Fsp3) is 0.650. The van der Waals surface area contributed by atoms with Crippen LogP contribution in [0.3, 0.4) is 0 Å². The third-order valence-corrected chi connectivity index (χ3v) is 6.57. The second-order valence-electron chi connectivity index (χ2n) is 7.40. The number of carbonyl (C=O) groups excluding carboxylic acids is 1. The van der Waals surface area contributed by atoms with E-state index in [-0.39, 0.29) is 5.41 Å². The molecule has 1 saturated carbocycles.